The average Bonchev–Trinajstić information content (AvgIpc) is 3.22. The zero-order valence-corrected chi connectivity index (χ0v) is 19.2. The van der Waals surface area contributed by atoms with Crippen molar-refractivity contribution in [3.63, 3.8) is 0 Å². The lowest BCUT2D eigenvalue weighted by Crippen LogP contribution is -2.44. The van der Waals surface area contributed by atoms with Gasteiger partial charge in [0.25, 0.3) is 10.0 Å². The molecule has 2 aliphatic rings. The first-order valence-corrected chi connectivity index (χ1v) is 12.3. The van der Waals surface area contributed by atoms with Crippen molar-refractivity contribution in [1.82, 2.24) is 14.8 Å². The molecule has 0 radical (unpaired) electrons. The number of nitrogens with one attached hydrogen (secondary N) is 1. The molecule has 0 spiro atoms. The summed E-state index contributed by atoms with van der Waals surface area (Å²) in [6.45, 7) is 6.47. The van der Waals surface area contributed by atoms with Crippen molar-refractivity contribution in [2.45, 2.75) is 37.5 Å². The molecule has 0 bridgehead atoms. The second-order valence-corrected chi connectivity index (χ2v) is 10.3. The number of morpholine rings is 1. The van der Waals surface area contributed by atoms with Gasteiger partial charge in [-0.3, -0.25) is 9.69 Å². The zero-order valence-electron chi connectivity index (χ0n) is 17.6. The summed E-state index contributed by atoms with van der Waals surface area (Å²) in [6.07, 6.45) is 0.370. The van der Waals surface area contributed by atoms with Gasteiger partial charge < -0.3 is 15.0 Å². The van der Waals surface area contributed by atoms with E-state index in [0.717, 1.165) is 18.8 Å². The Morgan fingerprint density at radius 1 is 1.29 bits per heavy atom. The van der Waals surface area contributed by atoms with E-state index in [9.17, 15) is 13.2 Å². The van der Waals surface area contributed by atoms with Crippen LogP contribution in [0.4, 0.5) is 5.13 Å². The summed E-state index contributed by atoms with van der Waals surface area (Å²) in [5.41, 5.74) is 1.40. The van der Waals surface area contributed by atoms with Crippen LogP contribution in [0, 0.1) is 0 Å². The van der Waals surface area contributed by atoms with E-state index in [4.69, 9.17) is 4.74 Å². The summed E-state index contributed by atoms with van der Waals surface area (Å²) in [7, 11) is -2.08. The molecule has 1 amide bonds. The van der Waals surface area contributed by atoms with E-state index in [1.165, 1.54) is 22.3 Å². The number of amides is 1. The standard InChI is InChI=1S/C20H25N5O4S2/c1-13-8-25(9-14(2)29-13)10-15-12-30-20(21-15)22-18(26)11-24(3)19-16-6-4-5-7-17(16)31(27,28)23-19/h4-7,12-14H,8-11H2,1-3H3,(H,21,22,26). The molecule has 1 aromatic heterocycles. The Morgan fingerprint density at radius 3 is 2.74 bits per heavy atom. The van der Waals surface area contributed by atoms with Crippen molar-refractivity contribution in [2.75, 3.05) is 32.0 Å². The fourth-order valence-electron chi connectivity index (χ4n) is 3.89. The lowest BCUT2D eigenvalue weighted by molar-refractivity contribution is -0.116. The summed E-state index contributed by atoms with van der Waals surface area (Å²) in [5.74, 6) is -0.0253. The summed E-state index contributed by atoms with van der Waals surface area (Å²) in [4.78, 5) is 21.0. The quantitative estimate of drug-likeness (QED) is 0.721. The van der Waals surface area contributed by atoms with Crippen molar-refractivity contribution in [2.24, 2.45) is 4.40 Å². The molecule has 166 valence electrons. The highest BCUT2D eigenvalue weighted by Gasteiger charge is 2.31. The van der Waals surface area contributed by atoms with Gasteiger partial charge in [0.1, 0.15) is 4.90 Å². The molecular weight excluding hydrogens is 438 g/mol. The first kappa shape index (κ1) is 21.9. The van der Waals surface area contributed by atoms with Crippen LogP contribution >= 0.6 is 11.3 Å². The van der Waals surface area contributed by atoms with Crippen LogP contribution in [0.5, 0.6) is 0 Å². The minimum Gasteiger partial charge on any atom is -0.373 e. The number of hydrogen-bond acceptors (Lipinski definition) is 8. The van der Waals surface area contributed by atoms with Crippen molar-refractivity contribution in [3.8, 4) is 0 Å². The van der Waals surface area contributed by atoms with E-state index in [-0.39, 0.29) is 35.4 Å². The minimum absolute atomic E-state index is 0.0455. The van der Waals surface area contributed by atoms with Gasteiger partial charge in [0.05, 0.1) is 24.4 Å². The number of thiazole rings is 1. The second-order valence-electron chi connectivity index (χ2n) is 7.89. The van der Waals surface area contributed by atoms with Crippen molar-refractivity contribution >= 4 is 38.2 Å². The number of carbonyl (C=O) groups is 1. The van der Waals surface area contributed by atoms with Gasteiger partial charge in [-0.2, -0.15) is 8.42 Å². The smallest absolute Gasteiger partial charge is 0.285 e. The fraction of sp³-hybridized carbons (Fsp3) is 0.450. The highest BCUT2D eigenvalue weighted by molar-refractivity contribution is 7.90. The Hall–Kier alpha value is -2.34. The summed E-state index contributed by atoms with van der Waals surface area (Å²) in [6, 6.07) is 6.60. The Bertz CT molecular complexity index is 1100. The highest BCUT2D eigenvalue weighted by atomic mass is 32.2. The number of benzene rings is 1. The van der Waals surface area contributed by atoms with Gasteiger partial charge in [-0.25, -0.2) is 4.98 Å². The number of fused-ring (bicyclic) bond motifs is 1. The lowest BCUT2D eigenvalue weighted by atomic mass is 10.2. The van der Waals surface area contributed by atoms with Crippen LogP contribution in [0.25, 0.3) is 0 Å². The summed E-state index contributed by atoms with van der Waals surface area (Å²) >= 11 is 1.37. The number of aromatic nitrogens is 1. The normalized spacial score (nSPS) is 22.6. The Balaban J connectivity index is 1.36. The molecule has 2 aromatic rings. The number of amidine groups is 1. The highest BCUT2D eigenvalue weighted by Crippen LogP contribution is 2.27. The third-order valence-electron chi connectivity index (χ3n) is 5.03. The number of anilines is 1. The van der Waals surface area contributed by atoms with Crippen LogP contribution < -0.4 is 5.32 Å². The minimum atomic E-state index is -3.72. The number of ether oxygens (including phenoxy) is 1. The van der Waals surface area contributed by atoms with Gasteiger partial charge in [-0.05, 0) is 26.0 Å². The van der Waals surface area contributed by atoms with E-state index < -0.39 is 10.0 Å². The molecule has 2 aliphatic heterocycles. The summed E-state index contributed by atoms with van der Waals surface area (Å²) < 4.78 is 34.0. The largest absolute Gasteiger partial charge is 0.373 e. The first-order chi connectivity index (χ1) is 14.7. The molecule has 4 rings (SSSR count). The molecule has 1 aromatic carbocycles. The lowest BCUT2D eigenvalue weighted by Gasteiger charge is -2.34. The molecule has 0 saturated carbocycles. The van der Waals surface area contributed by atoms with Crippen molar-refractivity contribution in [1.29, 1.82) is 0 Å². The monoisotopic (exact) mass is 463 g/mol. The van der Waals surface area contributed by atoms with Crippen LogP contribution in [0.3, 0.4) is 0 Å². The van der Waals surface area contributed by atoms with Gasteiger partial charge in [0.2, 0.25) is 5.91 Å². The van der Waals surface area contributed by atoms with Crippen LogP contribution in [0.2, 0.25) is 0 Å². The molecule has 3 heterocycles. The molecule has 1 N–H and O–H groups in total. The third-order valence-corrected chi connectivity index (χ3v) is 7.17. The maximum atomic E-state index is 12.5. The van der Waals surface area contributed by atoms with E-state index in [2.05, 4.69) is 33.4 Å². The van der Waals surface area contributed by atoms with E-state index >= 15 is 0 Å². The van der Waals surface area contributed by atoms with E-state index in [0.29, 0.717) is 17.2 Å². The number of hydrogen-bond donors (Lipinski definition) is 1. The number of sulfonamides is 1. The van der Waals surface area contributed by atoms with Gasteiger partial charge in [0, 0.05) is 37.6 Å². The van der Waals surface area contributed by atoms with E-state index in [1.807, 2.05) is 5.38 Å². The van der Waals surface area contributed by atoms with Gasteiger partial charge >= 0.3 is 0 Å². The molecule has 0 aliphatic carbocycles. The molecule has 2 atom stereocenters. The molecular formula is C20H25N5O4S2. The van der Waals surface area contributed by atoms with Crippen LogP contribution in [0.15, 0.2) is 38.9 Å². The number of nitrogens with zero attached hydrogens (tertiary/aromatic N) is 4. The first-order valence-electron chi connectivity index (χ1n) is 9.99. The predicted molar refractivity (Wildman–Crippen MR) is 119 cm³/mol. The van der Waals surface area contributed by atoms with Crippen molar-refractivity contribution < 1.29 is 17.9 Å². The fourth-order valence-corrected chi connectivity index (χ4v) is 5.86. The second kappa shape index (κ2) is 8.65. The predicted octanol–water partition coefficient (Wildman–Crippen LogP) is 1.77. The van der Waals surface area contributed by atoms with Crippen LogP contribution in [-0.4, -0.2) is 73.8 Å². The third kappa shape index (κ3) is 4.95. The maximum Gasteiger partial charge on any atom is 0.285 e. The molecule has 31 heavy (non-hydrogen) atoms. The van der Waals surface area contributed by atoms with Crippen LogP contribution in [0.1, 0.15) is 25.1 Å². The Labute approximate surface area is 185 Å². The number of carbonyl (C=O) groups excluding carboxylic acids is 1. The van der Waals surface area contributed by atoms with Gasteiger partial charge in [-0.15, -0.1) is 15.7 Å². The molecule has 9 nitrogen and oxygen atoms in total. The van der Waals surface area contributed by atoms with Crippen LogP contribution in [-0.2, 0) is 26.1 Å². The molecule has 11 heteroatoms. The molecule has 1 saturated heterocycles. The topological polar surface area (TPSA) is 104 Å². The Kier molecular flexibility index (Phi) is 6.11. The van der Waals surface area contributed by atoms with Gasteiger partial charge in [-0.1, -0.05) is 12.1 Å². The van der Waals surface area contributed by atoms with E-state index in [1.54, 1.807) is 25.2 Å². The molecule has 2 unspecified atom stereocenters. The summed E-state index contributed by atoms with van der Waals surface area (Å²) in [5, 5.41) is 5.25. The maximum absolute atomic E-state index is 12.5. The zero-order chi connectivity index (χ0) is 22.2. The molecule has 1 fully saturated rings. The SMILES string of the molecule is CC1CN(Cc2csc(NC(=O)CN(C)C3=NS(=O)(=O)c4ccccc43)n2)CC(C)O1. The average molecular weight is 464 g/mol. The Morgan fingerprint density at radius 2 is 2.00 bits per heavy atom. The van der Waals surface area contributed by atoms with Gasteiger partial charge in [0.15, 0.2) is 11.0 Å². The number of rotatable bonds is 5. The van der Waals surface area contributed by atoms with Crippen molar-refractivity contribution in [3.05, 3.63) is 40.9 Å². The number of likely N-dealkylation sites (N-methyl/N-ethyl adjacent to an activating group) is 1.